The molecule has 5 nitrogen and oxygen atoms in total. The van der Waals surface area contributed by atoms with E-state index in [1.165, 1.54) is 0 Å². The van der Waals surface area contributed by atoms with E-state index in [9.17, 15) is 4.79 Å². The molecular formula is C21H16N4O. The third-order valence-corrected chi connectivity index (χ3v) is 4.08. The maximum Gasteiger partial charge on any atom is 0.288 e. The zero-order chi connectivity index (χ0) is 17.8. The molecule has 126 valence electrons. The maximum atomic E-state index is 12.7. The van der Waals surface area contributed by atoms with Gasteiger partial charge in [-0.25, -0.2) is 5.43 Å². The SMILES string of the molecule is O=C(N/N=C/c1ccncc1)c1[nH]c2ccccc2c1-c1ccccc1. The molecule has 5 heteroatoms. The highest BCUT2D eigenvalue weighted by molar-refractivity contribution is 6.09. The van der Waals surface area contributed by atoms with Crippen LogP contribution in [0.25, 0.3) is 22.0 Å². The molecule has 0 aliphatic heterocycles. The van der Waals surface area contributed by atoms with Crippen molar-refractivity contribution in [3.8, 4) is 11.1 Å². The Morgan fingerprint density at radius 1 is 0.962 bits per heavy atom. The molecule has 26 heavy (non-hydrogen) atoms. The highest BCUT2D eigenvalue weighted by atomic mass is 16.2. The van der Waals surface area contributed by atoms with E-state index in [2.05, 4.69) is 20.5 Å². The zero-order valence-electron chi connectivity index (χ0n) is 13.9. The molecule has 4 aromatic rings. The lowest BCUT2D eigenvalue weighted by molar-refractivity contribution is 0.0951. The lowest BCUT2D eigenvalue weighted by Crippen LogP contribution is -2.18. The van der Waals surface area contributed by atoms with Crippen molar-refractivity contribution in [1.82, 2.24) is 15.4 Å². The molecule has 0 bridgehead atoms. The summed E-state index contributed by atoms with van der Waals surface area (Å²) >= 11 is 0. The van der Waals surface area contributed by atoms with Crippen molar-refractivity contribution in [2.24, 2.45) is 5.10 Å². The minimum atomic E-state index is -0.287. The number of para-hydroxylation sites is 1. The summed E-state index contributed by atoms with van der Waals surface area (Å²) in [5, 5.41) is 5.05. The predicted molar refractivity (Wildman–Crippen MR) is 103 cm³/mol. The highest BCUT2D eigenvalue weighted by Gasteiger charge is 2.18. The van der Waals surface area contributed by atoms with Crippen molar-refractivity contribution in [3.05, 3.63) is 90.4 Å². The van der Waals surface area contributed by atoms with Crippen LogP contribution in [0.4, 0.5) is 0 Å². The fourth-order valence-corrected chi connectivity index (χ4v) is 2.89. The van der Waals surface area contributed by atoms with Crippen molar-refractivity contribution in [3.63, 3.8) is 0 Å². The summed E-state index contributed by atoms with van der Waals surface area (Å²) in [6.45, 7) is 0. The molecule has 0 spiro atoms. The molecular weight excluding hydrogens is 324 g/mol. The van der Waals surface area contributed by atoms with Gasteiger partial charge in [0.2, 0.25) is 0 Å². The Hall–Kier alpha value is -3.73. The van der Waals surface area contributed by atoms with E-state index >= 15 is 0 Å². The molecule has 4 rings (SSSR count). The van der Waals surface area contributed by atoms with Gasteiger partial charge in [0.15, 0.2) is 0 Å². The zero-order valence-corrected chi connectivity index (χ0v) is 13.9. The minimum absolute atomic E-state index is 0.287. The van der Waals surface area contributed by atoms with Gasteiger partial charge in [-0.1, -0.05) is 48.5 Å². The smallest absolute Gasteiger partial charge is 0.288 e. The van der Waals surface area contributed by atoms with Gasteiger partial charge in [-0.3, -0.25) is 9.78 Å². The molecule has 2 heterocycles. The van der Waals surface area contributed by atoms with Gasteiger partial charge < -0.3 is 4.98 Å². The number of rotatable bonds is 4. The number of nitrogens with zero attached hydrogens (tertiary/aromatic N) is 2. The minimum Gasteiger partial charge on any atom is -0.350 e. The fourth-order valence-electron chi connectivity index (χ4n) is 2.89. The largest absolute Gasteiger partial charge is 0.350 e. The number of amides is 1. The van der Waals surface area contributed by atoms with Crippen molar-refractivity contribution < 1.29 is 4.79 Å². The molecule has 0 radical (unpaired) electrons. The lowest BCUT2D eigenvalue weighted by atomic mass is 10.0. The number of hydrogen-bond acceptors (Lipinski definition) is 3. The average Bonchev–Trinajstić information content (AvgIpc) is 3.09. The van der Waals surface area contributed by atoms with E-state index in [4.69, 9.17) is 0 Å². The average molecular weight is 340 g/mol. The first kappa shape index (κ1) is 15.8. The molecule has 0 saturated carbocycles. The Morgan fingerprint density at radius 2 is 1.69 bits per heavy atom. The van der Waals surface area contributed by atoms with Crippen LogP contribution < -0.4 is 5.43 Å². The molecule has 2 aromatic carbocycles. The van der Waals surface area contributed by atoms with Crippen molar-refractivity contribution >= 4 is 23.0 Å². The number of carbonyl (C=O) groups is 1. The van der Waals surface area contributed by atoms with Crippen LogP contribution in [0.15, 0.2) is 84.2 Å². The molecule has 2 N–H and O–H groups in total. The monoisotopic (exact) mass is 340 g/mol. The van der Waals surface area contributed by atoms with E-state index < -0.39 is 0 Å². The Labute approximate surface area is 150 Å². The maximum absolute atomic E-state index is 12.7. The van der Waals surface area contributed by atoms with Gasteiger partial charge in [-0.2, -0.15) is 5.10 Å². The third kappa shape index (κ3) is 3.10. The number of benzene rings is 2. The van der Waals surface area contributed by atoms with Crippen LogP contribution in [-0.4, -0.2) is 22.1 Å². The van der Waals surface area contributed by atoms with Gasteiger partial charge in [-0.15, -0.1) is 0 Å². The first-order valence-corrected chi connectivity index (χ1v) is 8.22. The second kappa shape index (κ2) is 7.03. The molecule has 0 saturated heterocycles. The summed E-state index contributed by atoms with van der Waals surface area (Å²) in [7, 11) is 0. The molecule has 0 aliphatic carbocycles. The van der Waals surface area contributed by atoms with E-state index in [-0.39, 0.29) is 5.91 Å². The van der Waals surface area contributed by atoms with Crippen molar-refractivity contribution in [2.75, 3.05) is 0 Å². The first-order chi connectivity index (χ1) is 12.8. The predicted octanol–water partition coefficient (Wildman–Crippen LogP) is 3.99. The van der Waals surface area contributed by atoms with Crippen LogP contribution in [0.1, 0.15) is 16.1 Å². The number of hydrogen-bond donors (Lipinski definition) is 2. The van der Waals surface area contributed by atoms with Crippen molar-refractivity contribution in [2.45, 2.75) is 0 Å². The van der Waals surface area contributed by atoms with Crippen LogP contribution in [0.5, 0.6) is 0 Å². The van der Waals surface area contributed by atoms with E-state index in [0.29, 0.717) is 5.69 Å². The molecule has 0 aliphatic rings. The molecule has 0 unspecified atom stereocenters. The Balaban J connectivity index is 1.69. The van der Waals surface area contributed by atoms with E-state index in [1.807, 2.05) is 66.7 Å². The summed E-state index contributed by atoms with van der Waals surface area (Å²) in [5.41, 5.74) is 6.71. The number of carbonyl (C=O) groups excluding carboxylic acids is 1. The normalized spacial score (nSPS) is 11.1. The second-order valence-electron chi connectivity index (χ2n) is 5.77. The summed E-state index contributed by atoms with van der Waals surface area (Å²) < 4.78 is 0. The van der Waals surface area contributed by atoms with Gasteiger partial charge >= 0.3 is 0 Å². The van der Waals surface area contributed by atoms with Gasteiger partial charge in [0.25, 0.3) is 5.91 Å². The van der Waals surface area contributed by atoms with Gasteiger partial charge in [0.1, 0.15) is 5.69 Å². The number of fused-ring (bicyclic) bond motifs is 1. The molecule has 0 fully saturated rings. The number of pyridine rings is 1. The van der Waals surface area contributed by atoms with Crippen LogP contribution in [0.3, 0.4) is 0 Å². The van der Waals surface area contributed by atoms with Gasteiger partial charge in [0.05, 0.1) is 6.21 Å². The van der Waals surface area contributed by atoms with Crippen LogP contribution in [0.2, 0.25) is 0 Å². The van der Waals surface area contributed by atoms with Gasteiger partial charge in [-0.05, 0) is 29.3 Å². The number of nitrogens with one attached hydrogen (secondary N) is 2. The molecule has 0 atom stereocenters. The lowest BCUT2D eigenvalue weighted by Gasteiger charge is -2.04. The summed E-state index contributed by atoms with van der Waals surface area (Å²) in [4.78, 5) is 19.9. The number of aromatic amines is 1. The standard InChI is InChI=1S/C21H16N4O/c26-21(25-23-14-15-10-12-22-13-11-15)20-19(16-6-2-1-3-7-16)17-8-4-5-9-18(17)24-20/h1-14,24H,(H,25,26)/b23-14+. The summed E-state index contributed by atoms with van der Waals surface area (Å²) in [5.74, 6) is -0.287. The summed E-state index contributed by atoms with van der Waals surface area (Å²) in [6.07, 6.45) is 4.94. The number of hydrazone groups is 1. The quantitative estimate of drug-likeness (QED) is 0.435. The van der Waals surface area contributed by atoms with Crippen molar-refractivity contribution in [1.29, 1.82) is 0 Å². The third-order valence-electron chi connectivity index (χ3n) is 4.08. The molecule has 2 aromatic heterocycles. The molecule has 1 amide bonds. The van der Waals surface area contributed by atoms with E-state index in [0.717, 1.165) is 27.6 Å². The topological polar surface area (TPSA) is 70.1 Å². The van der Waals surface area contributed by atoms with Crippen LogP contribution in [-0.2, 0) is 0 Å². The van der Waals surface area contributed by atoms with E-state index in [1.54, 1.807) is 18.6 Å². The highest BCUT2D eigenvalue weighted by Crippen LogP contribution is 2.32. The van der Waals surface area contributed by atoms with Crippen LogP contribution >= 0.6 is 0 Å². The second-order valence-corrected chi connectivity index (χ2v) is 5.77. The van der Waals surface area contributed by atoms with Crippen LogP contribution in [0, 0.1) is 0 Å². The Morgan fingerprint density at radius 3 is 2.50 bits per heavy atom. The Kier molecular flexibility index (Phi) is 4.26. The number of aromatic nitrogens is 2. The Bertz CT molecular complexity index is 1070. The summed E-state index contributed by atoms with van der Waals surface area (Å²) in [6, 6.07) is 21.4. The first-order valence-electron chi connectivity index (χ1n) is 8.22. The van der Waals surface area contributed by atoms with Gasteiger partial charge in [0, 0.05) is 28.9 Å². The fraction of sp³-hybridized carbons (Fsp3) is 0. The number of H-pyrrole nitrogens is 1.